The quantitative estimate of drug-likeness (QED) is 0.736. The fourth-order valence-electron chi connectivity index (χ4n) is 2.01. The smallest absolute Gasteiger partial charge is 0.165 e. The second kappa shape index (κ2) is 7.44. The van der Waals surface area contributed by atoms with Gasteiger partial charge >= 0.3 is 0 Å². The van der Waals surface area contributed by atoms with Gasteiger partial charge in [-0.25, -0.2) is 4.39 Å². The third-order valence-corrected chi connectivity index (χ3v) is 5.75. The van der Waals surface area contributed by atoms with Crippen molar-refractivity contribution in [2.45, 2.75) is 17.9 Å². The summed E-state index contributed by atoms with van der Waals surface area (Å²) < 4.78 is 31.0. The van der Waals surface area contributed by atoms with Crippen LogP contribution in [0.25, 0.3) is 0 Å². The third kappa shape index (κ3) is 4.00. The monoisotopic (exact) mass is 360 g/mol. The summed E-state index contributed by atoms with van der Waals surface area (Å²) in [6, 6.07) is 9.78. The average Bonchev–Trinajstić information content (AvgIpc) is 2.49. The highest BCUT2D eigenvalue weighted by Gasteiger charge is 2.16. The van der Waals surface area contributed by atoms with Crippen molar-refractivity contribution >= 4 is 34.0 Å². The first kappa shape index (κ1) is 17.3. The van der Waals surface area contributed by atoms with Crippen molar-refractivity contribution in [1.29, 1.82) is 0 Å². The lowest BCUT2D eigenvalue weighted by atomic mass is 10.2. The molecule has 2 rings (SSSR count). The highest BCUT2D eigenvalue weighted by molar-refractivity contribution is 7.84. The van der Waals surface area contributed by atoms with Crippen molar-refractivity contribution in [3.8, 4) is 5.75 Å². The molecule has 0 bridgehead atoms. The summed E-state index contributed by atoms with van der Waals surface area (Å²) in [6.07, 6.45) is 0. The first-order valence-corrected chi connectivity index (χ1v) is 8.70. The third-order valence-electron chi connectivity index (χ3n) is 3.33. The predicted molar refractivity (Wildman–Crippen MR) is 89.7 cm³/mol. The number of rotatable bonds is 5. The van der Waals surface area contributed by atoms with Gasteiger partial charge in [0.05, 0.1) is 22.4 Å². The summed E-state index contributed by atoms with van der Waals surface area (Å²) in [5.41, 5.74) is 1.49. The molecule has 0 aliphatic rings. The molecule has 0 radical (unpaired) electrons. The lowest BCUT2D eigenvalue weighted by Crippen LogP contribution is -2.06. The van der Waals surface area contributed by atoms with Crippen LogP contribution in [0.5, 0.6) is 5.75 Å². The van der Waals surface area contributed by atoms with Crippen molar-refractivity contribution < 1.29 is 13.3 Å². The number of halogens is 3. The van der Waals surface area contributed by atoms with E-state index < -0.39 is 16.6 Å². The Kier molecular flexibility index (Phi) is 5.84. The summed E-state index contributed by atoms with van der Waals surface area (Å²) in [7, 11) is 0.198. The summed E-state index contributed by atoms with van der Waals surface area (Å²) in [5, 5.41) is 0.652. The molecule has 2 aromatic rings. The van der Waals surface area contributed by atoms with E-state index in [2.05, 4.69) is 0 Å². The van der Waals surface area contributed by atoms with Gasteiger partial charge in [-0.05, 0) is 42.3 Å². The van der Waals surface area contributed by atoms with Gasteiger partial charge in [0, 0.05) is 16.6 Å². The van der Waals surface area contributed by atoms with Crippen LogP contribution in [0.2, 0.25) is 10.0 Å². The molecule has 2 nitrogen and oxygen atoms in total. The zero-order valence-corrected chi connectivity index (χ0v) is 14.4. The summed E-state index contributed by atoms with van der Waals surface area (Å²) in [5.74, 6) is -0.0336. The highest BCUT2D eigenvalue weighted by atomic mass is 35.5. The molecule has 0 aliphatic carbocycles. The summed E-state index contributed by atoms with van der Waals surface area (Å²) in [6.45, 7) is 1.84. The Balaban J connectivity index is 2.14. The largest absolute Gasteiger partial charge is 0.494 e. The molecule has 0 fully saturated rings. The topological polar surface area (TPSA) is 26.3 Å². The Labute approximate surface area is 141 Å². The molecule has 0 saturated carbocycles. The van der Waals surface area contributed by atoms with Crippen molar-refractivity contribution in [2.24, 2.45) is 0 Å². The maximum Gasteiger partial charge on any atom is 0.165 e. The van der Waals surface area contributed by atoms with Gasteiger partial charge in [-0.3, -0.25) is 4.21 Å². The van der Waals surface area contributed by atoms with Crippen molar-refractivity contribution in [1.82, 2.24) is 0 Å². The van der Waals surface area contributed by atoms with Crippen LogP contribution in [0.3, 0.4) is 0 Å². The van der Waals surface area contributed by atoms with Gasteiger partial charge in [-0.1, -0.05) is 35.3 Å². The van der Waals surface area contributed by atoms with Crippen molar-refractivity contribution in [3.63, 3.8) is 0 Å². The Morgan fingerprint density at radius 2 is 1.91 bits per heavy atom. The minimum Gasteiger partial charge on any atom is -0.494 e. The second-order valence-corrected chi connectivity index (χ2v) is 7.38. The number of hydrogen-bond acceptors (Lipinski definition) is 2. The molecule has 22 heavy (non-hydrogen) atoms. The van der Waals surface area contributed by atoms with Crippen LogP contribution < -0.4 is 4.74 Å². The van der Waals surface area contributed by atoms with E-state index in [4.69, 9.17) is 27.9 Å². The fourth-order valence-corrected chi connectivity index (χ4v) is 3.52. The normalized spacial score (nSPS) is 13.7. The first-order valence-electron chi connectivity index (χ1n) is 6.57. The molecule has 118 valence electrons. The molecule has 0 aromatic heterocycles. The van der Waals surface area contributed by atoms with Crippen LogP contribution >= 0.6 is 23.2 Å². The molecule has 0 aliphatic heterocycles. The second-order valence-electron chi connectivity index (χ2n) is 4.81. The molecular formula is C16H15Cl2FO2S. The minimum atomic E-state index is -1.21. The molecule has 0 N–H and O–H groups in total. The van der Waals surface area contributed by atoms with Crippen LogP contribution in [0, 0.1) is 5.82 Å². The molecule has 0 saturated heterocycles. The van der Waals surface area contributed by atoms with Crippen LogP contribution in [0.4, 0.5) is 4.39 Å². The molecule has 2 aromatic carbocycles. The molecule has 0 amide bonds. The van der Waals surface area contributed by atoms with Gasteiger partial charge in [0.1, 0.15) is 0 Å². The van der Waals surface area contributed by atoms with E-state index in [-0.39, 0.29) is 16.8 Å². The van der Waals surface area contributed by atoms with E-state index in [1.54, 1.807) is 24.3 Å². The van der Waals surface area contributed by atoms with Crippen LogP contribution in [-0.4, -0.2) is 11.3 Å². The van der Waals surface area contributed by atoms with E-state index in [0.717, 1.165) is 5.56 Å². The molecule has 0 spiro atoms. The number of hydrogen-bond donors (Lipinski definition) is 0. The van der Waals surface area contributed by atoms with Crippen LogP contribution in [0.15, 0.2) is 36.4 Å². The molecule has 6 heteroatoms. The van der Waals surface area contributed by atoms with E-state index in [0.29, 0.717) is 15.6 Å². The van der Waals surface area contributed by atoms with Crippen LogP contribution in [-0.2, 0) is 16.6 Å². The van der Waals surface area contributed by atoms with E-state index in [1.165, 1.54) is 19.2 Å². The fraction of sp³-hybridized carbons (Fsp3) is 0.250. The molecule has 0 heterocycles. The number of ether oxygens (including phenoxy) is 1. The van der Waals surface area contributed by atoms with Gasteiger partial charge in [-0.15, -0.1) is 0 Å². The van der Waals surface area contributed by atoms with Gasteiger partial charge in [0.25, 0.3) is 0 Å². The van der Waals surface area contributed by atoms with Crippen molar-refractivity contribution in [2.75, 3.05) is 7.11 Å². The van der Waals surface area contributed by atoms with Crippen LogP contribution in [0.1, 0.15) is 23.3 Å². The van der Waals surface area contributed by atoms with Gasteiger partial charge in [-0.2, -0.15) is 0 Å². The first-order chi connectivity index (χ1) is 10.4. The Hall–Kier alpha value is -1.10. The standard InChI is InChI=1S/C16H15Cl2FO2S/c1-10(12-4-5-13(17)14(18)8-12)22(20)9-11-3-6-16(21-2)15(19)7-11/h3-8,10H,9H2,1-2H3/t10-,22-/m1/s1. The van der Waals surface area contributed by atoms with Crippen molar-refractivity contribution in [3.05, 3.63) is 63.4 Å². The number of benzene rings is 2. The van der Waals surface area contributed by atoms with E-state index in [9.17, 15) is 8.60 Å². The Morgan fingerprint density at radius 3 is 2.50 bits per heavy atom. The summed E-state index contributed by atoms with van der Waals surface area (Å²) in [4.78, 5) is 0. The van der Waals surface area contributed by atoms with Gasteiger partial charge in [0.2, 0.25) is 0 Å². The zero-order chi connectivity index (χ0) is 16.3. The van der Waals surface area contributed by atoms with E-state index >= 15 is 0 Å². The Morgan fingerprint density at radius 1 is 1.18 bits per heavy atom. The van der Waals surface area contributed by atoms with E-state index in [1.807, 2.05) is 6.92 Å². The maximum absolute atomic E-state index is 13.7. The van der Waals surface area contributed by atoms with Gasteiger partial charge in [0.15, 0.2) is 11.6 Å². The average molecular weight is 361 g/mol. The lowest BCUT2D eigenvalue weighted by Gasteiger charge is -2.13. The Bertz CT molecular complexity index is 707. The molecule has 0 unspecified atom stereocenters. The maximum atomic E-state index is 13.7. The molecule has 2 atom stereocenters. The SMILES string of the molecule is COc1ccc(C[S@@](=O)[C@H](C)c2ccc(Cl)c(Cl)c2)cc1F. The predicted octanol–water partition coefficient (Wildman–Crippen LogP) is 5.15. The van der Waals surface area contributed by atoms with Gasteiger partial charge < -0.3 is 4.74 Å². The summed E-state index contributed by atoms with van der Waals surface area (Å²) >= 11 is 11.9. The molecular weight excluding hydrogens is 346 g/mol. The minimum absolute atomic E-state index is 0.173. The zero-order valence-electron chi connectivity index (χ0n) is 12.1. The highest BCUT2D eigenvalue weighted by Crippen LogP contribution is 2.29. The number of methoxy groups -OCH3 is 1. The lowest BCUT2D eigenvalue weighted by molar-refractivity contribution is 0.386.